The molecule has 0 aliphatic rings. The molecule has 0 saturated carbocycles. The van der Waals surface area contributed by atoms with Crippen LogP contribution in [0, 0.1) is 0 Å². The molecule has 0 fully saturated rings. The quantitative estimate of drug-likeness (QED) is 0.940. The predicted octanol–water partition coefficient (Wildman–Crippen LogP) is 2.14. The molecule has 84 valence electrons. The van der Waals surface area contributed by atoms with Gasteiger partial charge in [0.15, 0.2) is 0 Å². The number of carbonyl (C=O) groups excluding carboxylic acids is 1. The van der Waals surface area contributed by atoms with Gasteiger partial charge in [-0.1, -0.05) is 0 Å². The molecule has 2 aromatic heterocycles. The first-order valence-corrected chi connectivity index (χ1v) is 6.37. The number of rotatable bonds is 4. The molecule has 0 unspecified atom stereocenters. The van der Waals surface area contributed by atoms with Crippen molar-refractivity contribution in [2.24, 2.45) is 0 Å². The van der Waals surface area contributed by atoms with E-state index in [1.165, 1.54) is 11.3 Å². The fourth-order valence-corrected chi connectivity index (χ4v) is 2.54. The van der Waals surface area contributed by atoms with E-state index in [1.54, 1.807) is 16.9 Å². The summed E-state index contributed by atoms with van der Waals surface area (Å²) < 4.78 is 2.75. The minimum absolute atomic E-state index is 0.0390. The third kappa shape index (κ3) is 2.93. The van der Waals surface area contributed by atoms with Crippen LogP contribution in [-0.4, -0.2) is 22.2 Å². The van der Waals surface area contributed by atoms with Gasteiger partial charge in [-0.3, -0.25) is 9.48 Å². The predicted molar refractivity (Wildman–Crippen MR) is 66.6 cm³/mol. The van der Waals surface area contributed by atoms with Gasteiger partial charge in [-0.2, -0.15) is 5.10 Å². The molecule has 2 heterocycles. The van der Waals surface area contributed by atoms with Crippen LogP contribution in [0.1, 0.15) is 9.67 Å². The van der Waals surface area contributed by atoms with Crippen molar-refractivity contribution in [1.29, 1.82) is 0 Å². The van der Waals surface area contributed by atoms with Crippen LogP contribution in [0.15, 0.2) is 34.4 Å². The van der Waals surface area contributed by atoms with E-state index in [1.807, 2.05) is 18.3 Å². The van der Waals surface area contributed by atoms with Gasteiger partial charge in [-0.15, -0.1) is 11.3 Å². The second kappa shape index (κ2) is 5.27. The normalized spacial score (nSPS) is 10.3. The fraction of sp³-hybridized carbons (Fsp3) is 0.200. The smallest absolute Gasteiger partial charge is 0.261 e. The molecule has 0 aliphatic heterocycles. The van der Waals surface area contributed by atoms with Gasteiger partial charge >= 0.3 is 0 Å². The molecule has 0 aliphatic carbocycles. The largest absolute Gasteiger partial charge is 0.349 e. The van der Waals surface area contributed by atoms with Crippen LogP contribution in [0.25, 0.3) is 0 Å². The van der Waals surface area contributed by atoms with E-state index in [0.29, 0.717) is 18.0 Å². The summed E-state index contributed by atoms with van der Waals surface area (Å²) in [6.07, 6.45) is 3.59. The summed E-state index contributed by atoms with van der Waals surface area (Å²) >= 11 is 4.75. The van der Waals surface area contributed by atoms with Gasteiger partial charge in [0.05, 0.1) is 15.2 Å². The molecule has 0 atom stereocenters. The zero-order valence-electron chi connectivity index (χ0n) is 8.39. The van der Waals surface area contributed by atoms with Gasteiger partial charge in [0, 0.05) is 18.9 Å². The van der Waals surface area contributed by atoms with E-state index in [9.17, 15) is 4.79 Å². The number of nitrogens with one attached hydrogen (secondary N) is 1. The first-order valence-electron chi connectivity index (χ1n) is 4.76. The van der Waals surface area contributed by atoms with Gasteiger partial charge < -0.3 is 5.32 Å². The van der Waals surface area contributed by atoms with Crippen molar-refractivity contribution in [1.82, 2.24) is 15.1 Å². The molecule has 6 heteroatoms. The molecule has 1 N–H and O–H groups in total. The molecule has 2 rings (SSSR count). The number of halogens is 1. The highest BCUT2D eigenvalue weighted by atomic mass is 79.9. The number of hydrogen-bond donors (Lipinski definition) is 1. The molecule has 0 spiro atoms. The first-order chi connectivity index (χ1) is 7.75. The topological polar surface area (TPSA) is 46.9 Å². The van der Waals surface area contributed by atoms with Crippen LogP contribution < -0.4 is 5.32 Å². The third-order valence-electron chi connectivity index (χ3n) is 1.98. The van der Waals surface area contributed by atoms with Gasteiger partial charge in [0.2, 0.25) is 0 Å². The Morgan fingerprint density at radius 3 is 3.06 bits per heavy atom. The number of amides is 1. The fourth-order valence-electron chi connectivity index (χ4n) is 1.24. The molecule has 4 nitrogen and oxygen atoms in total. The van der Waals surface area contributed by atoms with Gasteiger partial charge in [0.25, 0.3) is 5.91 Å². The lowest BCUT2D eigenvalue weighted by molar-refractivity contribution is 0.0956. The van der Waals surface area contributed by atoms with Crippen LogP contribution >= 0.6 is 27.3 Å². The SMILES string of the molecule is O=C(NCCn1cccn1)c1ccc(Br)s1. The molecular formula is C10H10BrN3OS. The number of carbonyl (C=O) groups is 1. The summed E-state index contributed by atoms with van der Waals surface area (Å²) in [7, 11) is 0. The lowest BCUT2D eigenvalue weighted by Crippen LogP contribution is -2.26. The summed E-state index contributed by atoms with van der Waals surface area (Å²) in [6.45, 7) is 1.27. The van der Waals surface area contributed by atoms with E-state index in [4.69, 9.17) is 0 Å². The average molecular weight is 300 g/mol. The van der Waals surface area contributed by atoms with Gasteiger partial charge in [-0.25, -0.2) is 0 Å². The second-order valence-corrected chi connectivity index (χ2v) is 5.59. The van der Waals surface area contributed by atoms with E-state index in [-0.39, 0.29) is 5.91 Å². The Kier molecular flexibility index (Phi) is 3.74. The molecule has 0 bridgehead atoms. The Labute approximate surface area is 105 Å². The second-order valence-electron chi connectivity index (χ2n) is 3.13. The molecule has 2 aromatic rings. The number of nitrogens with zero attached hydrogens (tertiary/aromatic N) is 2. The summed E-state index contributed by atoms with van der Waals surface area (Å²) in [5.74, 6) is -0.0390. The van der Waals surface area contributed by atoms with Crippen LogP contribution in [0.3, 0.4) is 0 Å². The Bertz CT molecular complexity index is 466. The number of aromatic nitrogens is 2. The van der Waals surface area contributed by atoms with E-state index < -0.39 is 0 Å². The maximum absolute atomic E-state index is 11.6. The average Bonchev–Trinajstić information content (AvgIpc) is 2.89. The Balaban J connectivity index is 1.80. The summed E-state index contributed by atoms with van der Waals surface area (Å²) in [5.41, 5.74) is 0. The van der Waals surface area contributed by atoms with Crippen molar-refractivity contribution >= 4 is 33.2 Å². The molecule has 0 aromatic carbocycles. The minimum atomic E-state index is -0.0390. The highest BCUT2D eigenvalue weighted by Crippen LogP contribution is 2.21. The van der Waals surface area contributed by atoms with Crippen LogP contribution in [0.2, 0.25) is 0 Å². The zero-order chi connectivity index (χ0) is 11.4. The van der Waals surface area contributed by atoms with Crippen molar-refractivity contribution in [3.63, 3.8) is 0 Å². The highest BCUT2D eigenvalue weighted by molar-refractivity contribution is 9.11. The lowest BCUT2D eigenvalue weighted by Gasteiger charge is -2.03. The third-order valence-corrected chi connectivity index (χ3v) is 3.61. The van der Waals surface area contributed by atoms with Crippen molar-refractivity contribution in [3.05, 3.63) is 39.3 Å². The lowest BCUT2D eigenvalue weighted by atomic mass is 10.4. The Hall–Kier alpha value is -1.14. The van der Waals surface area contributed by atoms with E-state index >= 15 is 0 Å². The summed E-state index contributed by atoms with van der Waals surface area (Å²) in [4.78, 5) is 12.4. The molecular weight excluding hydrogens is 290 g/mol. The number of thiophene rings is 1. The molecule has 0 saturated heterocycles. The number of hydrogen-bond acceptors (Lipinski definition) is 3. The van der Waals surface area contributed by atoms with Gasteiger partial charge in [-0.05, 0) is 34.1 Å². The molecule has 1 amide bonds. The van der Waals surface area contributed by atoms with Gasteiger partial charge in [0.1, 0.15) is 0 Å². The monoisotopic (exact) mass is 299 g/mol. The summed E-state index contributed by atoms with van der Waals surface area (Å²) in [5, 5.41) is 6.89. The van der Waals surface area contributed by atoms with Crippen molar-refractivity contribution in [3.8, 4) is 0 Å². The van der Waals surface area contributed by atoms with Crippen molar-refractivity contribution in [2.45, 2.75) is 6.54 Å². The standard InChI is InChI=1S/C10H10BrN3OS/c11-9-3-2-8(16-9)10(15)12-5-7-14-6-1-4-13-14/h1-4,6H,5,7H2,(H,12,15). The molecule has 16 heavy (non-hydrogen) atoms. The van der Waals surface area contributed by atoms with E-state index in [2.05, 4.69) is 26.3 Å². The van der Waals surface area contributed by atoms with Crippen molar-refractivity contribution in [2.75, 3.05) is 6.54 Å². The summed E-state index contributed by atoms with van der Waals surface area (Å²) in [6, 6.07) is 5.53. The van der Waals surface area contributed by atoms with Crippen LogP contribution in [-0.2, 0) is 6.54 Å². The molecule has 0 radical (unpaired) electrons. The maximum atomic E-state index is 11.6. The maximum Gasteiger partial charge on any atom is 0.261 e. The zero-order valence-corrected chi connectivity index (χ0v) is 10.8. The first kappa shape index (κ1) is 11.3. The van der Waals surface area contributed by atoms with Crippen LogP contribution in [0.5, 0.6) is 0 Å². The Morgan fingerprint density at radius 2 is 2.44 bits per heavy atom. The van der Waals surface area contributed by atoms with Crippen molar-refractivity contribution < 1.29 is 4.79 Å². The van der Waals surface area contributed by atoms with E-state index in [0.717, 1.165) is 3.79 Å². The Morgan fingerprint density at radius 1 is 1.56 bits per heavy atom. The highest BCUT2D eigenvalue weighted by Gasteiger charge is 2.07. The minimum Gasteiger partial charge on any atom is -0.349 e. The van der Waals surface area contributed by atoms with Crippen LogP contribution in [0.4, 0.5) is 0 Å².